The fourth-order valence-corrected chi connectivity index (χ4v) is 3.32. The minimum absolute atomic E-state index is 0.00789. The summed E-state index contributed by atoms with van der Waals surface area (Å²) in [5.41, 5.74) is 0. The Morgan fingerprint density at radius 1 is 1.50 bits per heavy atom. The summed E-state index contributed by atoms with van der Waals surface area (Å²) in [5, 5.41) is 4.54. The van der Waals surface area contributed by atoms with Gasteiger partial charge in [-0.2, -0.15) is 0 Å². The van der Waals surface area contributed by atoms with Gasteiger partial charge in [0, 0.05) is 11.4 Å². The van der Waals surface area contributed by atoms with Crippen LogP contribution in [0.1, 0.15) is 18.7 Å². The predicted molar refractivity (Wildman–Crippen MR) is 80.6 cm³/mol. The van der Waals surface area contributed by atoms with Gasteiger partial charge in [-0.05, 0) is 38.4 Å². The second-order valence-corrected chi connectivity index (χ2v) is 6.82. The molecule has 108 valence electrons. The van der Waals surface area contributed by atoms with Gasteiger partial charge >= 0.3 is 0 Å². The quantitative estimate of drug-likeness (QED) is 0.882. The van der Waals surface area contributed by atoms with Gasteiger partial charge in [0.1, 0.15) is 16.8 Å². The molecule has 7 heteroatoms. The number of ether oxygens (including phenoxy) is 2. The molecule has 0 amide bonds. The molecule has 1 saturated heterocycles. The lowest BCUT2D eigenvalue weighted by Crippen LogP contribution is -2.26. The van der Waals surface area contributed by atoms with E-state index in [1.54, 1.807) is 11.3 Å². The first kappa shape index (κ1) is 14.0. The van der Waals surface area contributed by atoms with E-state index in [2.05, 4.69) is 21.4 Å². The van der Waals surface area contributed by atoms with Crippen molar-refractivity contribution in [1.29, 1.82) is 0 Å². The molecule has 1 unspecified atom stereocenters. The average Bonchev–Trinajstić information content (AvgIpc) is 2.88. The largest absolute Gasteiger partial charge is 0.367 e. The van der Waals surface area contributed by atoms with Gasteiger partial charge < -0.3 is 14.8 Å². The molecule has 20 heavy (non-hydrogen) atoms. The van der Waals surface area contributed by atoms with Gasteiger partial charge in [-0.3, -0.25) is 0 Å². The van der Waals surface area contributed by atoms with Crippen molar-refractivity contribution in [3.63, 3.8) is 0 Å². The summed E-state index contributed by atoms with van der Waals surface area (Å²) in [7, 11) is 0. The molecular formula is C13H16ClN3O2S. The lowest BCUT2D eigenvalue weighted by atomic mass is 10.3. The normalized spacial score (nSPS) is 21.5. The number of rotatable bonds is 3. The maximum Gasteiger partial charge on any atom is 0.225 e. The third-order valence-electron chi connectivity index (χ3n) is 3.05. The summed E-state index contributed by atoms with van der Waals surface area (Å²) in [6, 6.07) is 2.06. The molecule has 1 atom stereocenters. The molecule has 3 rings (SSSR count). The van der Waals surface area contributed by atoms with Gasteiger partial charge in [0.2, 0.25) is 5.28 Å². The van der Waals surface area contributed by atoms with Crippen LogP contribution in [0.15, 0.2) is 6.07 Å². The van der Waals surface area contributed by atoms with E-state index in [1.807, 2.05) is 20.8 Å². The van der Waals surface area contributed by atoms with Gasteiger partial charge in [-0.25, -0.2) is 9.97 Å². The molecule has 0 bridgehead atoms. The molecule has 1 fully saturated rings. The number of hydrogen-bond donors (Lipinski definition) is 1. The SMILES string of the molecule is Cc1cc2c(NCC3COC(C)(C)O3)nc(Cl)nc2s1. The number of thiophene rings is 1. The number of halogens is 1. The Labute approximate surface area is 126 Å². The third kappa shape index (κ3) is 2.88. The Hall–Kier alpha value is -0.950. The molecule has 2 aromatic heterocycles. The van der Waals surface area contributed by atoms with Crippen LogP contribution >= 0.6 is 22.9 Å². The van der Waals surface area contributed by atoms with Crippen molar-refractivity contribution in [2.24, 2.45) is 0 Å². The molecular weight excluding hydrogens is 298 g/mol. The van der Waals surface area contributed by atoms with Crippen molar-refractivity contribution < 1.29 is 9.47 Å². The van der Waals surface area contributed by atoms with Crippen LogP contribution < -0.4 is 5.32 Å². The van der Waals surface area contributed by atoms with Crippen molar-refractivity contribution in [1.82, 2.24) is 9.97 Å². The van der Waals surface area contributed by atoms with Crippen molar-refractivity contribution in [2.45, 2.75) is 32.7 Å². The number of hydrogen-bond acceptors (Lipinski definition) is 6. The first-order valence-corrected chi connectivity index (χ1v) is 7.62. The molecule has 0 aromatic carbocycles. The van der Waals surface area contributed by atoms with Crippen LogP contribution in [0.3, 0.4) is 0 Å². The van der Waals surface area contributed by atoms with E-state index in [9.17, 15) is 0 Å². The molecule has 1 aliphatic rings. The third-order valence-corrected chi connectivity index (χ3v) is 4.17. The highest BCUT2D eigenvalue weighted by Gasteiger charge is 2.32. The Bertz CT molecular complexity index is 644. The number of anilines is 1. The highest BCUT2D eigenvalue weighted by Crippen LogP contribution is 2.30. The van der Waals surface area contributed by atoms with E-state index in [0.717, 1.165) is 16.0 Å². The zero-order valence-electron chi connectivity index (χ0n) is 11.6. The second-order valence-electron chi connectivity index (χ2n) is 5.25. The molecule has 5 nitrogen and oxygen atoms in total. The average molecular weight is 314 g/mol. The minimum atomic E-state index is -0.510. The number of fused-ring (bicyclic) bond motifs is 1. The maximum absolute atomic E-state index is 5.96. The van der Waals surface area contributed by atoms with E-state index in [4.69, 9.17) is 21.1 Å². The van der Waals surface area contributed by atoms with E-state index >= 15 is 0 Å². The topological polar surface area (TPSA) is 56.3 Å². The van der Waals surface area contributed by atoms with Crippen LogP contribution in [0.4, 0.5) is 5.82 Å². The van der Waals surface area contributed by atoms with Crippen LogP contribution in [0.5, 0.6) is 0 Å². The maximum atomic E-state index is 5.96. The Balaban J connectivity index is 1.77. The van der Waals surface area contributed by atoms with Crippen molar-refractivity contribution in [2.75, 3.05) is 18.5 Å². The van der Waals surface area contributed by atoms with Gasteiger partial charge in [-0.15, -0.1) is 11.3 Å². The number of aryl methyl sites for hydroxylation is 1. The van der Waals surface area contributed by atoms with Crippen LogP contribution in [-0.2, 0) is 9.47 Å². The minimum Gasteiger partial charge on any atom is -0.367 e. The molecule has 0 saturated carbocycles. The lowest BCUT2D eigenvalue weighted by Gasteiger charge is -2.17. The van der Waals surface area contributed by atoms with Crippen LogP contribution in [-0.4, -0.2) is 35.0 Å². The van der Waals surface area contributed by atoms with E-state index in [1.165, 1.54) is 4.88 Å². The predicted octanol–water partition coefficient (Wildman–Crippen LogP) is 3.22. The number of nitrogens with one attached hydrogen (secondary N) is 1. The van der Waals surface area contributed by atoms with Gasteiger partial charge in [0.25, 0.3) is 0 Å². The molecule has 0 radical (unpaired) electrons. The summed E-state index contributed by atoms with van der Waals surface area (Å²) in [5.74, 6) is 0.238. The van der Waals surface area contributed by atoms with Crippen LogP contribution in [0.2, 0.25) is 5.28 Å². The van der Waals surface area contributed by atoms with Crippen molar-refractivity contribution >= 4 is 39.0 Å². The fourth-order valence-electron chi connectivity index (χ4n) is 2.22. The first-order chi connectivity index (χ1) is 9.43. The Morgan fingerprint density at radius 2 is 2.30 bits per heavy atom. The molecule has 0 spiro atoms. The molecule has 1 N–H and O–H groups in total. The fraction of sp³-hybridized carbons (Fsp3) is 0.538. The summed E-state index contributed by atoms with van der Waals surface area (Å²) in [6.07, 6.45) is 0.00789. The zero-order chi connectivity index (χ0) is 14.3. The smallest absolute Gasteiger partial charge is 0.225 e. The van der Waals surface area contributed by atoms with Gasteiger partial charge in [0.05, 0.1) is 12.0 Å². The van der Waals surface area contributed by atoms with Gasteiger partial charge in [0.15, 0.2) is 5.79 Å². The monoisotopic (exact) mass is 313 g/mol. The highest BCUT2D eigenvalue weighted by molar-refractivity contribution is 7.18. The number of aromatic nitrogens is 2. The van der Waals surface area contributed by atoms with E-state index in [-0.39, 0.29) is 11.4 Å². The van der Waals surface area contributed by atoms with Crippen LogP contribution in [0, 0.1) is 6.92 Å². The molecule has 0 aliphatic carbocycles. The summed E-state index contributed by atoms with van der Waals surface area (Å²) in [4.78, 5) is 10.6. The Morgan fingerprint density at radius 3 is 3.00 bits per heavy atom. The van der Waals surface area contributed by atoms with E-state index in [0.29, 0.717) is 13.2 Å². The standard InChI is InChI=1S/C13H16ClN3O2S/c1-7-4-9-10(16-12(14)17-11(9)20-7)15-5-8-6-18-13(2,3)19-8/h4,8H,5-6H2,1-3H3,(H,15,16,17). The molecule has 1 aliphatic heterocycles. The lowest BCUT2D eigenvalue weighted by molar-refractivity contribution is -0.136. The first-order valence-electron chi connectivity index (χ1n) is 6.42. The molecule has 2 aromatic rings. The number of nitrogens with zero attached hydrogens (tertiary/aromatic N) is 2. The summed E-state index contributed by atoms with van der Waals surface area (Å²) < 4.78 is 11.3. The van der Waals surface area contributed by atoms with Gasteiger partial charge in [-0.1, -0.05) is 0 Å². The van der Waals surface area contributed by atoms with Crippen LogP contribution in [0.25, 0.3) is 10.2 Å². The molecule has 3 heterocycles. The summed E-state index contributed by atoms with van der Waals surface area (Å²) >= 11 is 7.57. The van der Waals surface area contributed by atoms with Crippen molar-refractivity contribution in [3.05, 3.63) is 16.2 Å². The van der Waals surface area contributed by atoms with E-state index < -0.39 is 5.79 Å². The zero-order valence-corrected chi connectivity index (χ0v) is 13.1. The van der Waals surface area contributed by atoms with Crippen molar-refractivity contribution in [3.8, 4) is 0 Å². The highest BCUT2D eigenvalue weighted by atomic mass is 35.5. The second kappa shape index (κ2) is 5.11. The summed E-state index contributed by atoms with van der Waals surface area (Å²) in [6.45, 7) is 7.07. The Kier molecular flexibility index (Phi) is 3.58.